The summed E-state index contributed by atoms with van der Waals surface area (Å²) in [6.45, 7) is 3.51. The van der Waals surface area contributed by atoms with Gasteiger partial charge in [0.05, 0.1) is 12.2 Å². The number of nitrogens with one attached hydrogen (secondary N) is 1. The molecule has 1 aliphatic carbocycles. The summed E-state index contributed by atoms with van der Waals surface area (Å²) in [6, 6.07) is 13.7. The second-order valence-electron chi connectivity index (χ2n) is 6.17. The van der Waals surface area contributed by atoms with Crippen molar-refractivity contribution in [1.29, 1.82) is 0 Å². The van der Waals surface area contributed by atoms with Gasteiger partial charge in [0.2, 0.25) is 0 Å². The highest BCUT2D eigenvalue weighted by atomic mass is 16.5. The minimum Gasteiger partial charge on any atom is -0.491 e. The van der Waals surface area contributed by atoms with Gasteiger partial charge in [0.1, 0.15) is 12.4 Å². The van der Waals surface area contributed by atoms with E-state index in [0.29, 0.717) is 25.3 Å². The largest absolute Gasteiger partial charge is 0.491 e. The van der Waals surface area contributed by atoms with Crippen LogP contribution in [0.4, 0.5) is 5.69 Å². The predicted octanol–water partition coefficient (Wildman–Crippen LogP) is 4.23. The van der Waals surface area contributed by atoms with Gasteiger partial charge < -0.3 is 14.8 Å². The Labute approximate surface area is 149 Å². The molecular formula is C21H25NO3. The van der Waals surface area contributed by atoms with Gasteiger partial charge in [-0.1, -0.05) is 12.1 Å². The molecular weight excluding hydrogens is 314 g/mol. The van der Waals surface area contributed by atoms with Crippen molar-refractivity contribution in [2.45, 2.75) is 32.6 Å². The molecule has 4 heteroatoms. The summed E-state index contributed by atoms with van der Waals surface area (Å²) in [6.07, 6.45) is 4.81. The van der Waals surface area contributed by atoms with Gasteiger partial charge in [-0.2, -0.15) is 0 Å². The van der Waals surface area contributed by atoms with Crippen molar-refractivity contribution in [3.8, 4) is 5.75 Å². The van der Waals surface area contributed by atoms with Crippen LogP contribution in [0.1, 0.15) is 41.3 Å². The number of carbonyl (C=O) groups excluding carboxylic acids is 1. The first-order chi connectivity index (χ1) is 12.3. The lowest BCUT2D eigenvalue weighted by atomic mass is 9.91. The Morgan fingerprint density at radius 1 is 1.08 bits per heavy atom. The molecule has 0 aliphatic heterocycles. The predicted molar refractivity (Wildman–Crippen MR) is 99.5 cm³/mol. The molecule has 3 rings (SSSR count). The van der Waals surface area contributed by atoms with Crippen LogP contribution >= 0.6 is 0 Å². The molecule has 0 atom stereocenters. The summed E-state index contributed by atoms with van der Waals surface area (Å²) in [5, 5.41) is 3.32. The molecule has 4 nitrogen and oxygen atoms in total. The zero-order valence-corrected chi connectivity index (χ0v) is 14.7. The third-order valence-electron chi connectivity index (χ3n) is 4.44. The van der Waals surface area contributed by atoms with E-state index < -0.39 is 0 Å². The zero-order chi connectivity index (χ0) is 17.5. The summed E-state index contributed by atoms with van der Waals surface area (Å²) in [4.78, 5) is 11.6. The third-order valence-corrected chi connectivity index (χ3v) is 4.44. The molecule has 25 heavy (non-hydrogen) atoms. The lowest BCUT2D eigenvalue weighted by molar-refractivity contribution is 0.0526. The number of hydrogen-bond acceptors (Lipinski definition) is 4. The van der Waals surface area contributed by atoms with Crippen LogP contribution in [-0.2, 0) is 17.6 Å². The van der Waals surface area contributed by atoms with Gasteiger partial charge in [-0.25, -0.2) is 4.79 Å². The Morgan fingerprint density at radius 2 is 1.88 bits per heavy atom. The Morgan fingerprint density at radius 3 is 2.68 bits per heavy atom. The molecule has 2 aromatic carbocycles. The SMILES string of the molecule is CCOC(=O)c1ccc(NCCOc2cccc3c2CCCC3)cc1. The molecule has 0 radical (unpaired) electrons. The van der Waals surface area contributed by atoms with Crippen LogP contribution in [0.2, 0.25) is 0 Å². The monoisotopic (exact) mass is 339 g/mol. The van der Waals surface area contributed by atoms with Crippen molar-refractivity contribution in [3.05, 3.63) is 59.2 Å². The fourth-order valence-corrected chi connectivity index (χ4v) is 3.18. The molecule has 0 unspecified atom stereocenters. The van der Waals surface area contributed by atoms with Gasteiger partial charge in [-0.05, 0) is 74.1 Å². The second-order valence-corrected chi connectivity index (χ2v) is 6.17. The van der Waals surface area contributed by atoms with E-state index in [9.17, 15) is 4.79 Å². The van der Waals surface area contributed by atoms with Crippen LogP contribution in [-0.4, -0.2) is 25.7 Å². The van der Waals surface area contributed by atoms with Crippen LogP contribution in [0, 0.1) is 0 Å². The maximum Gasteiger partial charge on any atom is 0.338 e. The number of carbonyl (C=O) groups is 1. The molecule has 0 aromatic heterocycles. The maximum atomic E-state index is 11.6. The highest BCUT2D eigenvalue weighted by Gasteiger charge is 2.13. The fraction of sp³-hybridized carbons (Fsp3) is 0.381. The molecule has 2 aromatic rings. The van der Waals surface area contributed by atoms with Crippen LogP contribution in [0.15, 0.2) is 42.5 Å². The average molecular weight is 339 g/mol. The van der Waals surface area contributed by atoms with Gasteiger partial charge in [0.15, 0.2) is 0 Å². The summed E-state index contributed by atoms with van der Waals surface area (Å²) in [5.74, 6) is 0.739. The van der Waals surface area contributed by atoms with Crippen molar-refractivity contribution in [2.75, 3.05) is 25.1 Å². The van der Waals surface area contributed by atoms with E-state index in [1.165, 1.54) is 24.0 Å². The lowest BCUT2D eigenvalue weighted by Crippen LogP contribution is -2.13. The maximum absolute atomic E-state index is 11.6. The van der Waals surface area contributed by atoms with E-state index in [1.807, 2.05) is 12.1 Å². The molecule has 0 spiro atoms. The zero-order valence-electron chi connectivity index (χ0n) is 14.7. The van der Waals surface area contributed by atoms with Gasteiger partial charge >= 0.3 is 5.97 Å². The molecule has 0 saturated carbocycles. The number of rotatable bonds is 7. The molecule has 0 saturated heterocycles. The third kappa shape index (κ3) is 4.53. The Bertz CT molecular complexity index is 710. The number of ether oxygens (including phenoxy) is 2. The molecule has 1 aliphatic rings. The van der Waals surface area contributed by atoms with Crippen LogP contribution < -0.4 is 10.1 Å². The first-order valence-electron chi connectivity index (χ1n) is 9.02. The first-order valence-corrected chi connectivity index (χ1v) is 9.02. The minimum absolute atomic E-state index is 0.286. The topological polar surface area (TPSA) is 47.6 Å². The Kier molecular flexibility index (Phi) is 5.94. The van der Waals surface area contributed by atoms with Crippen molar-refractivity contribution in [1.82, 2.24) is 0 Å². The number of benzene rings is 2. The van der Waals surface area contributed by atoms with E-state index >= 15 is 0 Å². The van der Waals surface area contributed by atoms with E-state index in [4.69, 9.17) is 9.47 Å². The van der Waals surface area contributed by atoms with Gasteiger partial charge in [0, 0.05) is 12.2 Å². The summed E-state index contributed by atoms with van der Waals surface area (Å²) in [5.41, 5.74) is 4.35. The number of aryl methyl sites for hydroxylation is 1. The molecule has 0 amide bonds. The first kappa shape index (κ1) is 17.3. The molecule has 132 valence electrons. The van der Waals surface area contributed by atoms with Gasteiger partial charge in [0.25, 0.3) is 0 Å². The lowest BCUT2D eigenvalue weighted by Gasteiger charge is -2.19. The molecule has 0 fully saturated rings. The number of esters is 1. The van der Waals surface area contributed by atoms with E-state index in [2.05, 4.69) is 23.5 Å². The van der Waals surface area contributed by atoms with Gasteiger partial charge in [-0.3, -0.25) is 0 Å². The van der Waals surface area contributed by atoms with Crippen molar-refractivity contribution < 1.29 is 14.3 Å². The smallest absolute Gasteiger partial charge is 0.338 e. The van der Waals surface area contributed by atoms with E-state index in [1.54, 1.807) is 19.1 Å². The highest BCUT2D eigenvalue weighted by Crippen LogP contribution is 2.29. The van der Waals surface area contributed by atoms with Crippen molar-refractivity contribution in [2.24, 2.45) is 0 Å². The average Bonchev–Trinajstić information content (AvgIpc) is 2.66. The van der Waals surface area contributed by atoms with Crippen LogP contribution in [0.5, 0.6) is 5.75 Å². The highest BCUT2D eigenvalue weighted by molar-refractivity contribution is 5.89. The van der Waals surface area contributed by atoms with E-state index in [0.717, 1.165) is 24.3 Å². The second kappa shape index (κ2) is 8.56. The van der Waals surface area contributed by atoms with E-state index in [-0.39, 0.29) is 5.97 Å². The van der Waals surface area contributed by atoms with Crippen LogP contribution in [0.3, 0.4) is 0 Å². The Hall–Kier alpha value is -2.49. The van der Waals surface area contributed by atoms with Crippen molar-refractivity contribution in [3.63, 3.8) is 0 Å². The fourth-order valence-electron chi connectivity index (χ4n) is 3.18. The summed E-state index contributed by atoms with van der Waals surface area (Å²) >= 11 is 0. The summed E-state index contributed by atoms with van der Waals surface area (Å²) in [7, 11) is 0. The quantitative estimate of drug-likeness (QED) is 0.606. The minimum atomic E-state index is -0.286. The van der Waals surface area contributed by atoms with Crippen LogP contribution in [0.25, 0.3) is 0 Å². The van der Waals surface area contributed by atoms with Gasteiger partial charge in [-0.15, -0.1) is 0 Å². The normalized spacial score (nSPS) is 13.0. The molecule has 0 heterocycles. The standard InChI is InChI=1S/C21H25NO3/c1-2-24-21(23)17-10-12-18(13-11-17)22-14-15-25-20-9-5-7-16-6-3-4-8-19(16)20/h5,7,9-13,22H,2-4,6,8,14-15H2,1H3. The number of anilines is 1. The summed E-state index contributed by atoms with van der Waals surface area (Å²) < 4.78 is 11.0. The molecule has 0 bridgehead atoms. The number of fused-ring (bicyclic) bond motifs is 1. The van der Waals surface area contributed by atoms with Crippen molar-refractivity contribution >= 4 is 11.7 Å². The Balaban J connectivity index is 1.48. The molecule has 1 N–H and O–H groups in total. The number of hydrogen-bond donors (Lipinski definition) is 1.